The van der Waals surface area contributed by atoms with Gasteiger partial charge in [-0.05, 0) is 43.2 Å². The lowest BCUT2D eigenvalue weighted by atomic mass is 10.2. The molecule has 0 aliphatic rings. The zero-order chi connectivity index (χ0) is 11.8. The number of allylic oxidation sites excluding steroid dienone is 1. The third kappa shape index (κ3) is 4.17. The van der Waals surface area contributed by atoms with Gasteiger partial charge < -0.3 is 9.84 Å². The topological polar surface area (TPSA) is 46.5 Å². The lowest BCUT2D eigenvalue weighted by Crippen LogP contribution is -1.95. The van der Waals surface area contributed by atoms with E-state index in [0.717, 1.165) is 19.3 Å². The highest BCUT2D eigenvalue weighted by Crippen LogP contribution is 2.12. The fraction of sp³-hybridized carbons (Fsp3) is 0.308. The van der Waals surface area contributed by atoms with Gasteiger partial charge in [-0.2, -0.15) is 0 Å². The van der Waals surface area contributed by atoms with Gasteiger partial charge in [-0.1, -0.05) is 13.3 Å². The van der Waals surface area contributed by atoms with Gasteiger partial charge in [0, 0.05) is 0 Å². The van der Waals surface area contributed by atoms with Gasteiger partial charge in [0.05, 0.1) is 11.8 Å². The standard InChI is InChI=1S/C13H16O3/c1-2-3-4-5-10-16-12-8-6-11(7-9-12)13(14)15/h5-10H,2-4H2,1H3,(H,14,15)/b10-5+. The van der Waals surface area contributed by atoms with E-state index in [1.54, 1.807) is 18.4 Å². The normalized spacial score (nSPS) is 10.6. The Morgan fingerprint density at radius 3 is 2.62 bits per heavy atom. The molecule has 16 heavy (non-hydrogen) atoms. The SMILES string of the molecule is CCCC/C=C/Oc1ccc(C(=O)O)cc1. The van der Waals surface area contributed by atoms with E-state index in [2.05, 4.69) is 6.92 Å². The van der Waals surface area contributed by atoms with Gasteiger partial charge in [-0.3, -0.25) is 0 Å². The number of ether oxygens (including phenoxy) is 1. The number of carboxylic acid groups (broad SMARTS) is 1. The average Bonchev–Trinajstić information content (AvgIpc) is 2.29. The number of aromatic carboxylic acids is 1. The van der Waals surface area contributed by atoms with E-state index in [0.29, 0.717) is 5.75 Å². The molecular weight excluding hydrogens is 204 g/mol. The van der Waals surface area contributed by atoms with Crippen molar-refractivity contribution in [1.29, 1.82) is 0 Å². The second kappa shape index (κ2) is 6.67. The van der Waals surface area contributed by atoms with Crippen molar-refractivity contribution in [3.8, 4) is 5.75 Å². The van der Waals surface area contributed by atoms with E-state index >= 15 is 0 Å². The molecule has 0 aliphatic carbocycles. The molecule has 1 rings (SSSR count). The Hall–Kier alpha value is -1.77. The maximum atomic E-state index is 10.6. The largest absolute Gasteiger partial charge is 0.478 e. The van der Waals surface area contributed by atoms with Crippen molar-refractivity contribution in [2.75, 3.05) is 0 Å². The van der Waals surface area contributed by atoms with Crippen molar-refractivity contribution < 1.29 is 14.6 Å². The molecular formula is C13H16O3. The highest BCUT2D eigenvalue weighted by Gasteiger charge is 2.00. The summed E-state index contributed by atoms with van der Waals surface area (Å²) in [7, 11) is 0. The van der Waals surface area contributed by atoms with Crippen LogP contribution in [0.15, 0.2) is 36.6 Å². The van der Waals surface area contributed by atoms with Crippen molar-refractivity contribution in [1.82, 2.24) is 0 Å². The second-order valence-electron chi connectivity index (χ2n) is 3.46. The number of benzene rings is 1. The van der Waals surface area contributed by atoms with E-state index in [1.807, 2.05) is 6.08 Å². The summed E-state index contributed by atoms with van der Waals surface area (Å²) in [4.78, 5) is 10.6. The van der Waals surface area contributed by atoms with Gasteiger partial charge >= 0.3 is 5.97 Å². The fourth-order valence-corrected chi connectivity index (χ4v) is 1.19. The molecule has 0 heterocycles. The lowest BCUT2D eigenvalue weighted by molar-refractivity contribution is 0.0697. The van der Waals surface area contributed by atoms with Crippen molar-refractivity contribution in [2.24, 2.45) is 0 Å². The molecule has 1 aromatic rings. The van der Waals surface area contributed by atoms with Crippen LogP contribution in [0.5, 0.6) is 5.75 Å². The Labute approximate surface area is 95.4 Å². The average molecular weight is 220 g/mol. The quantitative estimate of drug-likeness (QED) is 0.589. The van der Waals surface area contributed by atoms with E-state index in [9.17, 15) is 4.79 Å². The summed E-state index contributed by atoms with van der Waals surface area (Å²) in [5.74, 6) is -0.275. The summed E-state index contributed by atoms with van der Waals surface area (Å²) >= 11 is 0. The zero-order valence-electron chi connectivity index (χ0n) is 9.35. The summed E-state index contributed by atoms with van der Waals surface area (Å²) in [5.41, 5.74) is 0.266. The first-order valence-corrected chi connectivity index (χ1v) is 5.39. The van der Waals surface area contributed by atoms with Crippen LogP contribution in [-0.2, 0) is 0 Å². The number of hydrogen-bond acceptors (Lipinski definition) is 2. The Morgan fingerprint density at radius 1 is 1.38 bits per heavy atom. The first kappa shape index (κ1) is 12.3. The fourth-order valence-electron chi connectivity index (χ4n) is 1.19. The molecule has 3 heteroatoms. The monoisotopic (exact) mass is 220 g/mol. The number of rotatable bonds is 6. The minimum Gasteiger partial charge on any atom is -0.478 e. The van der Waals surface area contributed by atoms with Crippen LogP contribution in [0.1, 0.15) is 36.5 Å². The van der Waals surface area contributed by atoms with Crippen LogP contribution in [0.4, 0.5) is 0 Å². The maximum absolute atomic E-state index is 10.6. The molecule has 0 saturated heterocycles. The third-order valence-electron chi connectivity index (χ3n) is 2.13. The van der Waals surface area contributed by atoms with Gasteiger partial charge in [0.1, 0.15) is 5.75 Å². The molecule has 1 N–H and O–H groups in total. The van der Waals surface area contributed by atoms with Gasteiger partial charge in [0.15, 0.2) is 0 Å². The Balaban J connectivity index is 2.43. The first-order chi connectivity index (χ1) is 7.74. The van der Waals surface area contributed by atoms with Crippen LogP contribution < -0.4 is 4.74 Å². The molecule has 1 aromatic carbocycles. The van der Waals surface area contributed by atoms with Crippen molar-refractivity contribution in [3.63, 3.8) is 0 Å². The predicted octanol–water partition coefficient (Wildman–Crippen LogP) is 3.47. The Bertz CT molecular complexity index is 352. The summed E-state index contributed by atoms with van der Waals surface area (Å²) < 4.78 is 5.31. The molecule has 86 valence electrons. The molecule has 0 atom stereocenters. The molecule has 0 aliphatic heterocycles. The van der Waals surface area contributed by atoms with Crippen LogP contribution >= 0.6 is 0 Å². The van der Waals surface area contributed by atoms with E-state index in [4.69, 9.17) is 9.84 Å². The Morgan fingerprint density at radius 2 is 2.06 bits per heavy atom. The molecule has 0 fully saturated rings. The Kier molecular flexibility index (Phi) is 5.12. The molecule has 0 bridgehead atoms. The summed E-state index contributed by atoms with van der Waals surface area (Å²) in [6.45, 7) is 2.14. The molecule has 0 spiro atoms. The van der Waals surface area contributed by atoms with Crippen molar-refractivity contribution >= 4 is 5.97 Å². The lowest BCUT2D eigenvalue weighted by Gasteiger charge is -2.00. The summed E-state index contributed by atoms with van der Waals surface area (Å²) in [6, 6.07) is 6.34. The third-order valence-corrected chi connectivity index (χ3v) is 2.13. The molecule has 0 aromatic heterocycles. The second-order valence-corrected chi connectivity index (χ2v) is 3.46. The van der Waals surface area contributed by atoms with Gasteiger partial charge in [0.25, 0.3) is 0 Å². The maximum Gasteiger partial charge on any atom is 0.335 e. The molecule has 0 saturated carbocycles. The van der Waals surface area contributed by atoms with Gasteiger partial charge in [-0.15, -0.1) is 0 Å². The molecule has 0 unspecified atom stereocenters. The smallest absolute Gasteiger partial charge is 0.335 e. The highest BCUT2D eigenvalue weighted by molar-refractivity contribution is 5.87. The highest BCUT2D eigenvalue weighted by atomic mass is 16.5. The minimum atomic E-state index is -0.926. The van der Waals surface area contributed by atoms with Crippen LogP contribution in [0.2, 0.25) is 0 Å². The molecule has 0 radical (unpaired) electrons. The number of carboxylic acids is 1. The number of carbonyl (C=O) groups is 1. The molecule has 0 amide bonds. The van der Waals surface area contributed by atoms with Crippen LogP contribution in [0.25, 0.3) is 0 Å². The van der Waals surface area contributed by atoms with Crippen LogP contribution in [-0.4, -0.2) is 11.1 Å². The summed E-state index contributed by atoms with van der Waals surface area (Å²) in [5, 5.41) is 8.69. The van der Waals surface area contributed by atoms with E-state index in [1.165, 1.54) is 12.1 Å². The zero-order valence-corrected chi connectivity index (χ0v) is 9.35. The predicted molar refractivity (Wildman–Crippen MR) is 62.7 cm³/mol. The van der Waals surface area contributed by atoms with Crippen molar-refractivity contribution in [2.45, 2.75) is 26.2 Å². The first-order valence-electron chi connectivity index (χ1n) is 5.39. The van der Waals surface area contributed by atoms with Gasteiger partial charge in [0.2, 0.25) is 0 Å². The minimum absolute atomic E-state index is 0.266. The van der Waals surface area contributed by atoms with Gasteiger partial charge in [-0.25, -0.2) is 4.79 Å². The number of hydrogen-bond donors (Lipinski definition) is 1. The number of unbranched alkanes of at least 4 members (excludes halogenated alkanes) is 2. The van der Waals surface area contributed by atoms with Crippen molar-refractivity contribution in [3.05, 3.63) is 42.2 Å². The van der Waals surface area contributed by atoms with E-state index < -0.39 is 5.97 Å². The summed E-state index contributed by atoms with van der Waals surface area (Å²) in [6.07, 6.45) is 6.93. The van der Waals surface area contributed by atoms with Crippen LogP contribution in [0, 0.1) is 0 Å². The molecule has 3 nitrogen and oxygen atoms in total. The van der Waals surface area contributed by atoms with Crippen LogP contribution in [0.3, 0.4) is 0 Å². The van der Waals surface area contributed by atoms with E-state index in [-0.39, 0.29) is 5.56 Å².